The summed E-state index contributed by atoms with van der Waals surface area (Å²) in [6.07, 6.45) is 2.62. The Hall–Kier alpha value is -3.29. The fraction of sp³-hybridized carbons (Fsp3) is 0.211. The molecule has 0 amide bonds. The summed E-state index contributed by atoms with van der Waals surface area (Å²) in [7, 11) is 4.21. The number of carbonyl (C=O) groups excluding carboxylic acids is 1. The molecule has 0 aromatic heterocycles. The summed E-state index contributed by atoms with van der Waals surface area (Å²) in [4.78, 5) is 12.1. The number of ether oxygens (including phenoxy) is 5. The number of methoxy groups -OCH3 is 3. The fourth-order valence-electron chi connectivity index (χ4n) is 2.20. The smallest absolute Gasteiger partial charge is 0.387 e. The van der Waals surface area contributed by atoms with Gasteiger partial charge < -0.3 is 23.7 Å². The summed E-state index contributed by atoms with van der Waals surface area (Å²) in [6, 6.07) is 9.21. The highest BCUT2D eigenvalue weighted by Crippen LogP contribution is 2.37. The van der Waals surface area contributed by atoms with Crippen molar-refractivity contribution in [2.75, 3.05) is 21.3 Å². The molecular formula is C19H18F2O6. The predicted molar refractivity (Wildman–Crippen MR) is 93.8 cm³/mol. The Balaban J connectivity index is 2.16. The first kappa shape index (κ1) is 20.0. The van der Waals surface area contributed by atoms with Gasteiger partial charge in [-0.05, 0) is 35.9 Å². The number of esters is 1. The van der Waals surface area contributed by atoms with Crippen LogP contribution in [0, 0.1) is 0 Å². The van der Waals surface area contributed by atoms with Gasteiger partial charge in [0.25, 0.3) is 0 Å². The second-order valence-corrected chi connectivity index (χ2v) is 5.03. The highest BCUT2D eigenvalue weighted by molar-refractivity contribution is 5.89. The second-order valence-electron chi connectivity index (χ2n) is 5.03. The van der Waals surface area contributed by atoms with Crippen molar-refractivity contribution in [1.29, 1.82) is 0 Å². The second kappa shape index (κ2) is 9.42. The number of hydrogen-bond donors (Lipinski definition) is 0. The van der Waals surface area contributed by atoms with Crippen molar-refractivity contribution < 1.29 is 37.3 Å². The van der Waals surface area contributed by atoms with Gasteiger partial charge in [0.2, 0.25) is 5.75 Å². The Morgan fingerprint density at radius 3 is 2.11 bits per heavy atom. The topological polar surface area (TPSA) is 63.2 Å². The summed E-state index contributed by atoms with van der Waals surface area (Å²) in [5.41, 5.74) is 0.525. The van der Waals surface area contributed by atoms with E-state index in [4.69, 9.17) is 18.9 Å². The summed E-state index contributed by atoms with van der Waals surface area (Å²) in [5, 5.41) is 0. The predicted octanol–water partition coefficient (Wildman–Crippen LogP) is 3.93. The first-order chi connectivity index (χ1) is 13.0. The van der Waals surface area contributed by atoms with Gasteiger partial charge >= 0.3 is 12.6 Å². The molecule has 0 fully saturated rings. The Labute approximate surface area is 154 Å². The quantitative estimate of drug-likeness (QED) is 0.393. The Morgan fingerprint density at radius 1 is 0.926 bits per heavy atom. The van der Waals surface area contributed by atoms with Gasteiger partial charge in [-0.1, -0.05) is 12.1 Å². The molecule has 6 nitrogen and oxygen atoms in total. The van der Waals surface area contributed by atoms with Crippen LogP contribution in [-0.4, -0.2) is 33.9 Å². The minimum atomic E-state index is -2.97. The number of alkyl halides is 2. The van der Waals surface area contributed by atoms with Crippen LogP contribution in [-0.2, 0) is 4.79 Å². The van der Waals surface area contributed by atoms with Crippen LogP contribution in [0.15, 0.2) is 42.5 Å². The third-order valence-electron chi connectivity index (χ3n) is 3.40. The van der Waals surface area contributed by atoms with Crippen LogP contribution in [0.2, 0.25) is 0 Å². The van der Waals surface area contributed by atoms with Crippen molar-refractivity contribution in [3.8, 4) is 28.7 Å². The SMILES string of the molecule is COc1cc(/C=C/C(=O)Oc2c(OC)cccc2OC)ccc1OC(F)F. The average molecular weight is 380 g/mol. The standard InChI is InChI=1S/C19H18F2O6/c1-23-14-5-4-6-15(24-2)18(14)27-17(22)10-8-12-7-9-13(26-19(20)21)16(11-12)25-3/h4-11,19H,1-3H3/b10-8+. The van der Waals surface area contributed by atoms with Crippen LogP contribution >= 0.6 is 0 Å². The van der Waals surface area contributed by atoms with Crippen molar-refractivity contribution in [2.45, 2.75) is 6.61 Å². The molecule has 0 atom stereocenters. The normalized spacial score (nSPS) is 10.7. The lowest BCUT2D eigenvalue weighted by molar-refractivity contribution is -0.129. The van der Waals surface area contributed by atoms with E-state index in [1.54, 1.807) is 18.2 Å². The van der Waals surface area contributed by atoms with E-state index in [1.165, 1.54) is 51.7 Å². The molecule has 144 valence electrons. The zero-order chi connectivity index (χ0) is 19.8. The molecule has 2 aromatic carbocycles. The van der Waals surface area contributed by atoms with Crippen molar-refractivity contribution in [3.63, 3.8) is 0 Å². The van der Waals surface area contributed by atoms with Crippen molar-refractivity contribution in [1.82, 2.24) is 0 Å². The van der Waals surface area contributed by atoms with Crippen LogP contribution in [0.25, 0.3) is 6.08 Å². The van der Waals surface area contributed by atoms with Gasteiger partial charge in [-0.15, -0.1) is 0 Å². The number of benzene rings is 2. The van der Waals surface area contributed by atoms with E-state index in [1.807, 2.05) is 0 Å². The minimum Gasteiger partial charge on any atom is -0.493 e. The zero-order valence-electron chi connectivity index (χ0n) is 14.9. The molecule has 0 spiro atoms. The first-order valence-electron chi connectivity index (χ1n) is 7.72. The van der Waals surface area contributed by atoms with E-state index in [-0.39, 0.29) is 17.2 Å². The monoisotopic (exact) mass is 380 g/mol. The Kier molecular flexibility index (Phi) is 6.99. The molecule has 0 unspecified atom stereocenters. The van der Waals surface area contributed by atoms with Crippen molar-refractivity contribution in [3.05, 3.63) is 48.0 Å². The maximum absolute atomic E-state index is 12.3. The number of rotatable bonds is 8. The van der Waals surface area contributed by atoms with E-state index >= 15 is 0 Å². The Bertz CT molecular complexity index is 798. The molecule has 0 N–H and O–H groups in total. The molecule has 0 saturated carbocycles. The lowest BCUT2D eigenvalue weighted by Gasteiger charge is -2.11. The molecule has 0 saturated heterocycles. The molecular weight excluding hydrogens is 362 g/mol. The van der Waals surface area contributed by atoms with Gasteiger partial charge in [-0.25, -0.2) is 4.79 Å². The third kappa shape index (κ3) is 5.34. The maximum atomic E-state index is 12.3. The number of carbonyl (C=O) groups is 1. The minimum absolute atomic E-state index is 0.106. The van der Waals surface area contributed by atoms with Crippen LogP contribution in [0.4, 0.5) is 8.78 Å². The molecule has 27 heavy (non-hydrogen) atoms. The molecule has 0 radical (unpaired) electrons. The molecule has 8 heteroatoms. The molecule has 2 aromatic rings. The van der Waals surface area contributed by atoms with Gasteiger partial charge in [-0.3, -0.25) is 0 Å². The molecule has 0 aliphatic rings. The molecule has 0 aliphatic carbocycles. The highest BCUT2D eigenvalue weighted by atomic mass is 19.3. The van der Waals surface area contributed by atoms with Gasteiger partial charge in [-0.2, -0.15) is 8.78 Å². The molecule has 0 heterocycles. The summed E-state index contributed by atoms with van der Waals surface area (Å²) >= 11 is 0. The maximum Gasteiger partial charge on any atom is 0.387 e. The molecule has 2 rings (SSSR count). The van der Waals surface area contributed by atoms with Crippen LogP contribution in [0.1, 0.15) is 5.56 Å². The summed E-state index contributed by atoms with van der Waals surface area (Å²) in [5.74, 6) is 0.154. The van der Waals surface area contributed by atoms with Crippen LogP contribution < -0.4 is 23.7 Å². The number of para-hydroxylation sites is 1. The number of halogens is 2. The fourth-order valence-corrected chi connectivity index (χ4v) is 2.20. The van der Waals surface area contributed by atoms with Crippen LogP contribution in [0.3, 0.4) is 0 Å². The zero-order valence-corrected chi connectivity index (χ0v) is 14.9. The van der Waals surface area contributed by atoms with Gasteiger partial charge in [0.1, 0.15) is 0 Å². The van der Waals surface area contributed by atoms with Crippen molar-refractivity contribution in [2.24, 2.45) is 0 Å². The van der Waals surface area contributed by atoms with E-state index in [0.29, 0.717) is 17.1 Å². The molecule has 0 bridgehead atoms. The Morgan fingerprint density at radius 2 is 1.56 bits per heavy atom. The van der Waals surface area contributed by atoms with E-state index < -0.39 is 12.6 Å². The lowest BCUT2D eigenvalue weighted by Crippen LogP contribution is -2.06. The van der Waals surface area contributed by atoms with E-state index in [2.05, 4.69) is 4.74 Å². The summed E-state index contributed by atoms with van der Waals surface area (Å²) < 4.78 is 49.6. The van der Waals surface area contributed by atoms with Gasteiger partial charge in [0.15, 0.2) is 23.0 Å². The van der Waals surface area contributed by atoms with Crippen molar-refractivity contribution >= 4 is 12.0 Å². The number of hydrogen-bond acceptors (Lipinski definition) is 6. The van der Waals surface area contributed by atoms with E-state index in [9.17, 15) is 13.6 Å². The molecule has 0 aliphatic heterocycles. The largest absolute Gasteiger partial charge is 0.493 e. The lowest BCUT2D eigenvalue weighted by atomic mass is 10.2. The van der Waals surface area contributed by atoms with Crippen LogP contribution in [0.5, 0.6) is 28.7 Å². The first-order valence-corrected chi connectivity index (χ1v) is 7.72. The van der Waals surface area contributed by atoms with E-state index in [0.717, 1.165) is 0 Å². The van der Waals surface area contributed by atoms with Gasteiger partial charge in [0, 0.05) is 6.08 Å². The average Bonchev–Trinajstić information content (AvgIpc) is 2.66. The summed E-state index contributed by atoms with van der Waals surface area (Å²) in [6.45, 7) is -2.97. The third-order valence-corrected chi connectivity index (χ3v) is 3.40. The van der Waals surface area contributed by atoms with Gasteiger partial charge in [0.05, 0.1) is 21.3 Å². The highest BCUT2D eigenvalue weighted by Gasteiger charge is 2.14.